The summed E-state index contributed by atoms with van der Waals surface area (Å²) in [7, 11) is 4.29. The maximum atomic E-state index is 13.1. The number of carbonyl (C=O) groups excluding carboxylic acids is 1. The van der Waals surface area contributed by atoms with E-state index in [4.69, 9.17) is 0 Å². The Hall–Kier alpha value is -1.43. The second kappa shape index (κ2) is 8.79. The fraction of sp³-hybridized carbons (Fsp3) is 0.650. The molecule has 3 rings (SSSR count). The van der Waals surface area contributed by atoms with Crippen molar-refractivity contribution in [3.05, 3.63) is 30.3 Å². The van der Waals surface area contributed by atoms with E-state index >= 15 is 0 Å². The number of nitrogens with zero attached hydrogens (tertiary/aromatic N) is 3. The van der Waals surface area contributed by atoms with Crippen LogP contribution in [0.2, 0.25) is 0 Å². The molecule has 1 atom stereocenters. The van der Waals surface area contributed by atoms with Crippen molar-refractivity contribution in [2.24, 2.45) is 0 Å². The molecule has 0 radical (unpaired) electrons. The lowest BCUT2D eigenvalue weighted by atomic mass is 10.0. The Bertz CT molecular complexity index is 542. The molecular formula is C20H32N4O. The molecule has 1 unspecified atom stereocenters. The van der Waals surface area contributed by atoms with Crippen LogP contribution in [0.1, 0.15) is 25.7 Å². The molecule has 138 valence electrons. The third-order valence-electron chi connectivity index (χ3n) is 5.60. The molecule has 2 heterocycles. The minimum absolute atomic E-state index is 0.270. The quantitative estimate of drug-likeness (QED) is 0.854. The Labute approximate surface area is 152 Å². The fourth-order valence-corrected chi connectivity index (χ4v) is 4.02. The van der Waals surface area contributed by atoms with E-state index in [2.05, 4.69) is 46.2 Å². The number of hydrogen-bond acceptors (Lipinski definition) is 4. The highest BCUT2D eigenvalue weighted by Gasteiger charge is 2.28. The van der Waals surface area contributed by atoms with Crippen molar-refractivity contribution >= 4 is 11.6 Å². The average Bonchev–Trinajstić information content (AvgIpc) is 3.11. The highest BCUT2D eigenvalue weighted by molar-refractivity contribution is 5.94. The lowest BCUT2D eigenvalue weighted by Crippen LogP contribution is -2.47. The van der Waals surface area contributed by atoms with Gasteiger partial charge in [0.15, 0.2) is 0 Å². The minimum atomic E-state index is 0.270. The molecule has 1 amide bonds. The van der Waals surface area contributed by atoms with Gasteiger partial charge in [-0.1, -0.05) is 18.2 Å². The average molecular weight is 345 g/mol. The van der Waals surface area contributed by atoms with Gasteiger partial charge in [-0.3, -0.25) is 4.79 Å². The van der Waals surface area contributed by atoms with E-state index < -0.39 is 0 Å². The zero-order valence-electron chi connectivity index (χ0n) is 15.7. The summed E-state index contributed by atoms with van der Waals surface area (Å²) in [6.45, 7) is 5.06. The molecule has 1 N–H and O–H groups in total. The number of nitrogens with one attached hydrogen (secondary N) is 1. The number of anilines is 1. The van der Waals surface area contributed by atoms with Crippen LogP contribution >= 0.6 is 0 Å². The van der Waals surface area contributed by atoms with Crippen molar-refractivity contribution in [1.29, 1.82) is 0 Å². The van der Waals surface area contributed by atoms with Gasteiger partial charge in [0.2, 0.25) is 5.91 Å². The number of likely N-dealkylation sites (tertiary alicyclic amines) is 1. The first-order valence-electron chi connectivity index (χ1n) is 9.62. The standard InChI is InChI=1S/C20H32N4O/c1-22(2)19-10-14-23(16-19)15-11-20(25)24(17-6-4-3-5-7-17)18-8-12-21-13-9-18/h3-7,18-19,21H,8-16H2,1-2H3. The molecule has 0 saturated carbocycles. The van der Waals surface area contributed by atoms with Crippen LogP contribution in [0.15, 0.2) is 30.3 Å². The lowest BCUT2D eigenvalue weighted by Gasteiger charge is -2.35. The first kappa shape index (κ1) is 18.4. The third-order valence-corrected chi connectivity index (χ3v) is 5.60. The number of likely N-dealkylation sites (N-methyl/N-ethyl adjacent to an activating group) is 1. The Balaban J connectivity index is 1.61. The number of hydrogen-bond donors (Lipinski definition) is 1. The van der Waals surface area contributed by atoms with Crippen LogP contribution in [0, 0.1) is 0 Å². The Morgan fingerprint density at radius 1 is 1.12 bits per heavy atom. The Morgan fingerprint density at radius 2 is 1.84 bits per heavy atom. The van der Waals surface area contributed by atoms with Gasteiger partial charge >= 0.3 is 0 Å². The van der Waals surface area contributed by atoms with Crippen LogP contribution in [-0.4, -0.2) is 74.6 Å². The van der Waals surface area contributed by atoms with Crippen molar-refractivity contribution in [1.82, 2.24) is 15.1 Å². The molecule has 2 aliphatic rings. The smallest absolute Gasteiger partial charge is 0.228 e. The van der Waals surface area contributed by atoms with Gasteiger partial charge in [0.25, 0.3) is 0 Å². The summed E-state index contributed by atoms with van der Waals surface area (Å²) >= 11 is 0. The van der Waals surface area contributed by atoms with Crippen molar-refractivity contribution < 1.29 is 4.79 Å². The molecular weight excluding hydrogens is 312 g/mol. The van der Waals surface area contributed by atoms with Gasteiger partial charge < -0.3 is 20.0 Å². The van der Waals surface area contributed by atoms with Gasteiger partial charge in [-0.15, -0.1) is 0 Å². The number of para-hydroxylation sites is 1. The van der Waals surface area contributed by atoms with Crippen LogP contribution in [0.3, 0.4) is 0 Å². The first-order chi connectivity index (χ1) is 12.1. The maximum Gasteiger partial charge on any atom is 0.228 e. The summed E-state index contributed by atoms with van der Waals surface area (Å²) in [4.78, 5) is 19.9. The van der Waals surface area contributed by atoms with Crippen molar-refractivity contribution in [2.75, 3.05) is 51.7 Å². The monoisotopic (exact) mass is 344 g/mol. The second-order valence-electron chi connectivity index (χ2n) is 7.54. The number of benzene rings is 1. The van der Waals surface area contributed by atoms with Crippen LogP contribution in [0.25, 0.3) is 0 Å². The molecule has 5 heteroatoms. The Kier molecular flexibility index (Phi) is 6.45. The zero-order chi connectivity index (χ0) is 17.6. The van der Waals surface area contributed by atoms with E-state index in [1.54, 1.807) is 0 Å². The van der Waals surface area contributed by atoms with E-state index in [1.807, 2.05) is 18.2 Å². The number of piperidine rings is 1. The zero-order valence-corrected chi connectivity index (χ0v) is 15.7. The van der Waals surface area contributed by atoms with Crippen LogP contribution < -0.4 is 10.2 Å². The predicted molar refractivity (Wildman–Crippen MR) is 103 cm³/mol. The summed E-state index contributed by atoms with van der Waals surface area (Å²) in [6, 6.07) is 11.2. The molecule has 0 bridgehead atoms. The summed E-state index contributed by atoms with van der Waals surface area (Å²) in [5.74, 6) is 0.270. The predicted octanol–water partition coefficient (Wildman–Crippen LogP) is 1.80. The van der Waals surface area contributed by atoms with Crippen LogP contribution in [-0.2, 0) is 4.79 Å². The summed E-state index contributed by atoms with van der Waals surface area (Å²) in [5, 5.41) is 3.40. The van der Waals surface area contributed by atoms with Crippen molar-refractivity contribution in [2.45, 2.75) is 37.8 Å². The molecule has 0 spiro atoms. The van der Waals surface area contributed by atoms with E-state index in [0.29, 0.717) is 18.5 Å². The van der Waals surface area contributed by atoms with Crippen LogP contribution in [0.5, 0.6) is 0 Å². The van der Waals surface area contributed by atoms with Gasteiger partial charge in [0, 0.05) is 37.3 Å². The number of rotatable bonds is 6. The molecule has 2 fully saturated rings. The van der Waals surface area contributed by atoms with Gasteiger partial charge in [-0.2, -0.15) is 0 Å². The van der Waals surface area contributed by atoms with E-state index in [0.717, 1.165) is 51.3 Å². The molecule has 2 saturated heterocycles. The summed E-state index contributed by atoms with van der Waals surface area (Å²) in [5.41, 5.74) is 1.05. The molecule has 0 aromatic heterocycles. The topological polar surface area (TPSA) is 38.8 Å². The van der Waals surface area contributed by atoms with Crippen molar-refractivity contribution in [3.63, 3.8) is 0 Å². The number of carbonyl (C=O) groups is 1. The Morgan fingerprint density at radius 3 is 2.48 bits per heavy atom. The molecule has 2 aliphatic heterocycles. The van der Waals surface area contributed by atoms with Gasteiger partial charge in [-0.25, -0.2) is 0 Å². The molecule has 1 aromatic carbocycles. The maximum absolute atomic E-state index is 13.1. The van der Waals surface area contributed by atoms with E-state index in [-0.39, 0.29) is 5.91 Å². The van der Waals surface area contributed by atoms with Gasteiger partial charge in [0.05, 0.1) is 0 Å². The SMILES string of the molecule is CN(C)C1CCN(CCC(=O)N(c2ccccc2)C2CCNCC2)C1. The van der Waals surface area contributed by atoms with Gasteiger partial charge in [-0.05, 0) is 65.1 Å². The van der Waals surface area contributed by atoms with Gasteiger partial charge in [0.1, 0.15) is 0 Å². The highest BCUT2D eigenvalue weighted by Crippen LogP contribution is 2.23. The second-order valence-corrected chi connectivity index (χ2v) is 7.54. The number of amides is 1. The fourth-order valence-electron chi connectivity index (χ4n) is 4.02. The third kappa shape index (κ3) is 4.81. The van der Waals surface area contributed by atoms with Crippen molar-refractivity contribution in [3.8, 4) is 0 Å². The first-order valence-corrected chi connectivity index (χ1v) is 9.62. The normalized spacial score (nSPS) is 22.4. The summed E-state index contributed by atoms with van der Waals surface area (Å²) in [6.07, 6.45) is 3.89. The molecule has 25 heavy (non-hydrogen) atoms. The highest BCUT2D eigenvalue weighted by atomic mass is 16.2. The molecule has 5 nitrogen and oxygen atoms in total. The lowest BCUT2D eigenvalue weighted by molar-refractivity contribution is -0.119. The summed E-state index contributed by atoms with van der Waals surface area (Å²) < 4.78 is 0. The van der Waals surface area contributed by atoms with E-state index in [1.165, 1.54) is 6.42 Å². The largest absolute Gasteiger partial charge is 0.317 e. The minimum Gasteiger partial charge on any atom is -0.317 e. The molecule has 0 aliphatic carbocycles. The van der Waals surface area contributed by atoms with Crippen LogP contribution in [0.4, 0.5) is 5.69 Å². The van der Waals surface area contributed by atoms with E-state index in [9.17, 15) is 4.79 Å². The molecule has 1 aromatic rings.